The third-order valence-electron chi connectivity index (χ3n) is 7.99. The average Bonchev–Trinajstić information content (AvgIpc) is 3.35. The molecule has 12 heteroatoms. The minimum absolute atomic E-state index is 0.0878. The maximum atomic E-state index is 13.4. The molecule has 3 heterocycles. The van der Waals surface area contributed by atoms with E-state index < -0.39 is 10.0 Å². The highest BCUT2D eigenvalue weighted by Gasteiger charge is 2.23. The molecule has 1 aliphatic heterocycles. The van der Waals surface area contributed by atoms with Crippen LogP contribution < -0.4 is 15.0 Å². The number of imidazole rings is 1. The van der Waals surface area contributed by atoms with Gasteiger partial charge in [-0.1, -0.05) is 46.5 Å². The van der Waals surface area contributed by atoms with Crippen LogP contribution in [-0.2, 0) is 14.8 Å². The Morgan fingerprint density at radius 3 is 2.60 bits per heavy atom. The molecule has 0 bridgehead atoms. The van der Waals surface area contributed by atoms with E-state index in [2.05, 4.69) is 28.5 Å². The molecule has 1 aliphatic rings. The molecule has 4 rings (SSSR count). The SMILES string of the molecule is CCCCCCC(CC)c1nc(C)c2c(=O)[nH]c(-c3cc(S(=O)(=O)NCCCN4CCOCC4)ccc3OCCC)nn12. The predicted octanol–water partition coefficient (Wildman–Crippen LogP) is 4.65. The number of nitrogens with one attached hydrogen (secondary N) is 2. The summed E-state index contributed by atoms with van der Waals surface area (Å²) in [6.45, 7) is 12.9. The predicted molar refractivity (Wildman–Crippen MR) is 168 cm³/mol. The first-order valence-electron chi connectivity index (χ1n) is 15.9. The molecule has 238 valence electrons. The summed E-state index contributed by atoms with van der Waals surface area (Å²) < 4.78 is 42.4. The first-order chi connectivity index (χ1) is 20.8. The minimum atomic E-state index is -3.81. The van der Waals surface area contributed by atoms with Crippen LogP contribution in [0, 0.1) is 6.92 Å². The molecule has 3 aromatic rings. The van der Waals surface area contributed by atoms with Gasteiger partial charge in [0, 0.05) is 25.6 Å². The van der Waals surface area contributed by atoms with Crippen molar-refractivity contribution in [3.05, 3.63) is 40.1 Å². The third-order valence-corrected chi connectivity index (χ3v) is 9.45. The molecule has 0 aliphatic carbocycles. The van der Waals surface area contributed by atoms with Gasteiger partial charge in [-0.3, -0.25) is 9.69 Å². The Morgan fingerprint density at radius 1 is 1.09 bits per heavy atom. The number of morpholine rings is 1. The van der Waals surface area contributed by atoms with E-state index in [9.17, 15) is 13.2 Å². The number of hydrogen-bond donors (Lipinski definition) is 2. The van der Waals surface area contributed by atoms with Crippen molar-refractivity contribution in [3.63, 3.8) is 0 Å². The van der Waals surface area contributed by atoms with E-state index in [1.54, 1.807) is 10.6 Å². The molecule has 0 saturated carbocycles. The van der Waals surface area contributed by atoms with Gasteiger partial charge in [-0.2, -0.15) is 0 Å². The van der Waals surface area contributed by atoms with Gasteiger partial charge in [0.1, 0.15) is 11.6 Å². The maximum absolute atomic E-state index is 13.4. The molecule has 1 fully saturated rings. The van der Waals surface area contributed by atoms with Crippen molar-refractivity contribution in [2.75, 3.05) is 46.0 Å². The number of H-pyrrole nitrogens is 1. The molecule has 0 amide bonds. The van der Waals surface area contributed by atoms with E-state index in [0.717, 1.165) is 57.6 Å². The summed E-state index contributed by atoms with van der Waals surface area (Å²) >= 11 is 0. The fourth-order valence-corrected chi connectivity index (χ4v) is 6.63. The topological polar surface area (TPSA) is 131 Å². The van der Waals surface area contributed by atoms with Crippen molar-refractivity contribution >= 4 is 15.5 Å². The quantitative estimate of drug-likeness (QED) is 0.210. The number of aromatic nitrogens is 4. The number of aromatic amines is 1. The number of sulfonamides is 1. The monoisotopic (exact) mass is 616 g/mol. The van der Waals surface area contributed by atoms with Gasteiger partial charge >= 0.3 is 0 Å². The average molecular weight is 617 g/mol. The summed E-state index contributed by atoms with van der Waals surface area (Å²) in [5, 5.41) is 4.85. The number of ether oxygens (including phenoxy) is 2. The summed E-state index contributed by atoms with van der Waals surface area (Å²) in [4.78, 5) is 23.4. The van der Waals surface area contributed by atoms with Crippen LogP contribution in [-0.4, -0.2) is 78.9 Å². The van der Waals surface area contributed by atoms with E-state index in [-0.39, 0.29) is 22.2 Å². The fraction of sp³-hybridized carbons (Fsp3) is 0.645. The first kappa shape index (κ1) is 33.1. The molecule has 11 nitrogen and oxygen atoms in total. The lowest BCUT2D eigenvalue weighted by atomic mass is 9.97. The number of rotatable bonds is 17. The van der Waals surface area contributed by atoms with E-state index in [0.29, 0.717) is 55.3 Å². The molecule has 1 saturated heterocycles. The zero-order valence-corrected chi connectivity index (χ0v) is 27.0. The summed E-state index contributed by atoms with van der Waals surface area (Å²) in [5.74, 6) is 1.62. The van der Waals surface area contributed by atoms with Crippen molar-refractivity contribution < 1.29 is 17.9 Å². The standard InChI is InChI=1S/C31H48N6O5S/c1-5-8-9-10-12-24(7-3)30-33-23(4)28-31(38)34-29(35-37(28)30)26-22-25(13-14-27(26)42-19-6-2)43(39,40)32-15-11-16-36-17-20-41-21-18-36/h13-14,22,24,32H,5-12,15-21H2,1-4H3,(H,34,35,38). The molecular weight excluding hydrogens is 568 g/mol. The van der Waals surface area contributed by atoms with Gasteiger partial charge in [-0.05, 0) is 57.4 Å². The van der Waals surface area contributed by atoms with Crippen LogP contribution >= 0.6 is 0 Å². The van der Waals surface area contributed by atoms with Gasteiger partial charge in [-0.25, -0.2) is 22.6 Å². The van der Waals surface area contributed by atoms with E-state index in [4.69, 9.17) is 19.6 Å². The van der Waals surface area contributed by atoms with Crippen LogP contribution in [0.3, 0.4) is 0 Å². The second-order valence-electron chi connectivity index (χ2n) is 11.3. The number of aryl methyl sites for hydroxylation is 1. The Hall–Kier alpha value is -2.80. The van der Waals surface area contributed by atoms with Crippen LogP contribution in [0.25, 0.3) is 16.9 Å². The molecule has 1 aromatic carbocycles. The molecule has 0 radical (unpaired) electrons. The second kappa shape index (κ2) is 15.8. The van der Waals surface area contributed by atoms with Crippen molar-refractivity contribution in [2.24, 2.45) is 0 Å². The zero-order chi connectivity index (χ0) is 30.8. The van der Waals surface area contributed by atoms with Crippen molar-refractivity contribution in [2.45, 2.75) is 89.9 Å². The highest BCUT2D eigenvalue weighted by atomic mass is 32.2. The van der Waals surface area contributed by atoms with Crippen molar-refractivity contribution in [1.82, 2.24) is 29.2 Å². The van der Waals surface area contributed by atoms with E-state index in [1.807, 2.05) is 13.8 Å². The lowest BCUT2D eigenvalue weighted by Gasteiger charge is -2.26. The second-order valence-corrected chi connectivity index (χ2v) is 13.1. The largest absolute Gasteiger partial charge is 0.493 e. The van der Waals surface area contributed by atoms with E-state index in [1.165, 1.54) is 25.0 Å². The number of fused-ring (bicyclic) bond motifs is 1. The molecule has 2 aromatic heterocycles. The molecule has 2 N–H and O–H groups in total. The first-order valence-corrected chi connectivity index (χ1v) is 17.3. The normalized spacial score (nSPS) is 15.3. The van der Waals surface area contributed by atoms with Crippen LogP contribution in [0.5, 0.6) is 5.75 Å². The van der Waals surface area contributed by atoms with Crippen molar-refractivity contribution in [3.8, 4) is 17.1 Å². The summed E-state index contributed by atoms with van der Waals surface area (Å²) in [6, 6.07) is 4.71. The van der Waals surface area contributed by atoms with Crippen LogP contribution in [0.1, 0.15) is 89.6 Å². The van der Waals surface area contributed by atoms with Gasteiger partial charge in [0.05, 0.1) is 36.0 Å². The molecule has 43 heavy (non-hydrogen) atoms. The maximum Gasteiger partial charge on any atom is 0.277 e. The lowest BCUT2D eigenvalue weighted by Crippen LogP contribution is -2.38. The minimum Gasteiger partial charge on any atom is -0.493 e. The van der Waals surface area contributed by atoms with Crippen molar-refractivity contribution in [1.29, 1.82) is 0 Å². The Morgan fingerprint density at radius 2 is 1.88 bits per heavy atom. The van der Waals surface area contributed by atoms with E-state index >= 15 is 0 Å². The number of hydrogen-bond acceptors (Lipinski definition) is 8. The number of unbranched alkanes of at least 4 members (excludes halogenated alkanes) is 3. The van der Waals surface area contributed by atoms with Crippen LogP contribution in [0.2, 0.25) is 0 Å². The Labute approximate surface area is 255 Å². The molecule has 0 spiro atoms. The smallest absolute Gasteiger partial charge is 0.277 e. The van der Waals surface area contributed by atoms with Gasteiger partial charge < -0.3 is 14.5 Å². The van der Waals surface area contributed by atoms with Crippen LogP contribution in [0.4, 0.5) is 0 Å². The highest BCUT2D eigenvalue weighted by Crippen LogP contribution is 2.31. The Kier molecular flexibility index (Phi) is 12.2. The summed E-state index contributed by atoms with van der Waals surface area (Å²) in [7, 11) is -3.81. The van der Waals surface area contributed by atoms with Crippen LogP contribution in [0.15, 0.2) is 27.9 Å². The summed E-state index contributed by atoms with van der Waals surface area (Å²) in [5.41, 5.74) is 1.13. The molecule has 1 unspecified atom stereocenters. The van der Waals surface area contributed by atoms with Gasteiger partial charge in [0.15, 0.2) is 11.3 Å². The lowest BCUT2D eigenvalue weighted by molar-refractivity contribution is 0.0376. The van der Waals surface area contributed by atoms with Gasteiger partial charge in [0.25, 0.3) is 5.56 Å². The highest BCUT2D eigenvalue weighted by molar-refractivity contribution is 7.89. The number of nitrogens with zero attached hydrogens (tertiary/aromatic N) is 4. The molecular formula is C31H48N6O5S. The third kappa shape index (κ3) is 8.43. The number of benzene rings is 1. The Balaban J connectivity index is 1.65. The fourth-order valence-electron chi connectivity index (χ4n) is 5.53. The van der Waals surface area contributed by atoms with Gasteiger partial charge in [0.2, 0.25) is 10.0 Å². The van der Waals surface area contributed by atoms with Gasteiger partial charge in [-0.15, -0.1) is 5.10 Å². The Bertz CT molecular complexity index is 1500. The summed E-state index contributed by atoms with van der Waals surface area (Å²) in [6.07, 6.45) is 7.92. The molecule has 1 atom stereocenters. The zero-order valence-electron chi connectivity index (χ0n) is 26.2.